The van der Waals surface area contributed by atoms with Crippen molar-refractivity contribution in [2.24, 2.45) is 5.41 Å². The summed E-state index contributed by atoms with van der Waals surface area (Å²) in [7, 11) is 0. The van der Waals surface area contributed by atoms with Crippen molar-refractivity contribution >= 4 is 0 Å². The highest BCUT2D eigenvalue weighted by atomic mass is 16.3. The highest BCUT2D eigenvalue weighted by Crippen LogP contribution is 2.36. The Labute approximate surface area is 80.7 Å². The van der Waals surface area contributed by atoms with Gasteiger partial charge in [-0.25, -0.2) is 0 Å². The highest BCUT2D eigenvalue weighted by molar-refractivity contribution is 4.88. The zero-order valence-electron chi connectivity index (χ0n) is 8.18. The highest BCUT2D eigenvalue weighted by Gasteiger charge is 2.32. The third-order valence-corrected chi connectivity index (χ3v) is 2.95. The van der Waals surface area contributed by atoms with Crippen molar-refractivity contribution in [3.8, 4) is 12.3 Å². The molecule has 0 unspecified atom stereocenters. The van der Waals surface area contributed by atoms with Crippen molar-refractivity contribution in [1.82, 2.24) is 5.32 Å². The molecule has 0 aromatic rings. The van der Waals surface area contributed by atoms with E-state index in [9.17, 15) is 5.11 Å². The van der Waals surface area contributed by atoms with Gasteiger partial charge in [0.05, 0.1) is 0 Å². The van der Waals surface area contributed by atoms with Crippen LogP contribution in [-0.4, -0.2) is 24.8 Å². The quantitative estimate of drug-likeness (QED) is 0.492. The van der Waals surface area contributed by atoms with Gasteiger partial charge >= 0.3 is 0 Å². The van der Waals surface area contributed by atoms with Gasteiger partial charge in [-0.3, -0.25) is 0 Å². The molecule has 0 atom stereocenters. The first-order chi connectivity index (χ1) is 6.33. The Bertz CT molecular complexity index is 177. The van der Waals surface area contributed by atoms with Crippen molar-refractivity contribution in [2.45, 2.75) is 32.1 Å². The van der Waals surface area contributed by atoms with Gasteiger partial charge < -0.3 is 10.4 Å². The fourth-order valence-electron chi connectivity index (χ4n) is 2.03. The van der Waals surface area contributed by atoms with E-state index in [4.69, 9.17) is 6.42 Å². The average Bonchev–Trinajstić information content (AvgIpc) is 2.62. The molecule has 1 rings (SSSR count). The SMILES string of the molecule is C#CCCNCC1(CO)CCCC1. The van der Waals surface area contributed by atoms with Crippen LogP contribution in [0.3, 0.4) is 0 Å². The van der Waals surface area contributed by atoms with Gasteiger partial charge in [0.1, 0.15) is 0 Å². The molecule has 1 aliphatic rings. The van der Waals surface area contributed by atoms with E-state index >= 15 is 0 Å². The monoisotopic (exact) mass is 181 g/mol. The first-order valence-electron chi connectivity index (χ1n) is 5.08. The van der Waals surface area contributed by atoms with E-state index in [2.05, 4.69) is 11.2 Å². The summed E-state index contributed by atoms with van der Waals surface area (Å²) in [5.41, 5.74) is 0.161. The van der Waals surface area contributed by atoms with Crippen LogP contribution in [0.25, 0.3) is 0 Å². The number of rotatable bonds is 5. The Morgan fingerprint density at radius 2 is 2.08 bits per heavy atom. The summed E-state index contributed by atoms with van der Waals surface area (Å²) in [4.78, 5) is 0. The maximum atomic E-state index is 9.29. The summed E-state index contributed by atoms with van der Waals surface area (Å²) < 4.78 is 0. The van der Waals surface area contributed by atoms with Crippen molar-refractivity contribution in [1.29, 1.82) is 0 Å². The van der Waals surface area contributed by atoms with Gasteiger partial charge in [0.15, 0.2) is 0 Å². The fraction of sp³-hybridized carbons (Fsp3) is 0.818. The summed E-state index contributed by atoms with van der Waals surface area (Å²) in [6.07, 6.45) is 10.8. The molecular weight excluding hydrogens is 162 g/mol. The minimum atomic E-state index is 0.161. The number of terminal acetylenes is 1. The van der Waals surface area contributed by atoms with Gasteiger partial charge in [0.2, 0.25) is 0 Å². The minimum absolute atomic E-state index is 0.161. The van der Waals surface area contributed by atoms with E-state index in [1.165, 1.54) is 12.8 Å². The molecule has 0 aromatic heterocycles. The largest absolute Gasteiger partial charge is 0.396 e. The standard InChI is InChI=1S/C11H19NO/c1-2-3-8-12-9-11(10-13)6-4-5-7-11/h1,12-13H,3-10H2. The Morgan fingerprint density at radius 3 is 2.62 bits per heavy atom. The predicted molar refractivity (Wildman–Crippen MR) is 54.3 cm³/mol. The number of aliphatic hydroxyl groups excluding tert-OH is 1. The molecule has 74 valence electrons. The lowest BCUT2D eigenvalue weighted by Gasteiger charge is -2.26. The van der Waals surface area contributed by atoms with E-state index in [0.717, 1.165) is 32.4 Å². The second kappa shape index (κ2) is 5.26. The summed E-state index contributed by atoms with van der Waals surface area (Å²) in [5, 5.41) is 12.6. The number of hydrogen-bond acceptors (Lipinski definition) is 2. The van der Waals surface area contributed by atoms with Gasteiger partial charge in [-0.2, -0.15) is 0 Å². The molecule has 0 saturated heterocycles. The molecule has 2 N–H and O–H groups in total. The molecule has 0 amide bonds. The normalized spacial score (nSPS) is 20.0. The molecular formula is C11H19NO. The molecule has 1 saturated carbocycles. The molecule has 0 bridgehead atoms. The van der Waals surface area contributed by atoms with Crippen LogP contribution in [0.15, 0.2) is 0 Å². The molecule has 0 aromatic carbocycles. The van der Waals surface area contributed by atoms with Crippen molar-refractivity contribution in [3.63, 3.8) is 0 Å². The Kier molecular flexibility index (Phi) is 4.27. The van der Waals surface area contributed by atoms with Gasteiger partial charge in [0, 0.05) is 31.5 Å². The molecule has 0 aliphatic heterocycles. The van der Waals surface area contributed by atoms with Crippen molar-refractivity contribution in [2.75, 3.05) is 19.7 Å². The second-order valence-corrected chi connectivity index (χ2v) is 4.00. The first-order valence-corrected chi connectivity index (χ1v) is 5.08. The van der Waals surface area contributed by atoms with Crippen LogP contribution in [0, 0.1) is 17.8 Å². The average molecular weight is 181 g/mol. The molecule has 13 heavy (non-hydrogen) atoms. The second-order valence-electron chi connectivity index (χ2n) is 4.00. The van der Waals surface area contributed by atoms with E-state index in [1.54, 1.807) is 0 Å². The predicted octanol–water partition coefficient (Wildman–Crippen LogP) is 1.15. The molecule has 0 heterocycles. The third kappa shape index (κ3) is 3.02. The van der Waals surface area contributed by atoms with Crippen molar-refractivity contribution in [3.05, 3.63) is 0 Å². The lowest BCUT2D eigenvalue weighted by Crippen LogP contribution is -2.35. The van der Waals surface area contributed by atoms with Gasteiger partial charge in [-0.15, -0.1) is 12.3 Å². The Morgan fingerprint density at radius 1 is 1.38 bits per heavy atom. The zero-order valence-corrected chi connectivity index (χ0v) is 8.18. The fourth-order valence-corrected chi connectivity index (χ4v) is 2.03. The Balaban J connectivity index is 2.20. The smallest absolute Gasteiger partial charge is 0.0499 e. The third-order valence-electron chi connectivity index (χ3n) is 2.95. The zero-order chi connectivity index (χ0) is 9.57. The van der Waals surface area contributed by atoms with Gasteiger partial charge in [-0.1, -0.05) is 12.8 Å². The molecule has 2 heteroatoms. The van der Waals surface area contributed by atoms with E-state index in [1.807, 2.05) is 0 Å². The van der Waals surface area contributed by atoms with Crippen LogP contribution in [-0.2, 0) is 0 Å². The summed E-state index contributed by atoms with van der Waals surface area (Å²) in [5.74, 6) is 2.60. The van der Waals surface area contributed by atoms with Crippen LogP contribution in [0.2, 0.25) is 0 Å². The molecule has 1 fully saturated rings. The molecule has 0 spiro atoms. The molecule has 1 aliphatic carbocycles. The van der Waals surface area contributed by atoms with Crippen molar-refractivity contribution < 1.29 is 5.11 Å². The maximum absolute atomic E-state index is 9.29. The maximum Gasteiger partial charge on any atom is 0.0499 e. The van der Waals surface area contributed by atoms with E-state index in [-0.39, 0.29) is 5.41 Å². The van der Waals surface area contributed by atoms with E-state index < -0.39 is 0 Å². The summed E-state index contributed by atoms with van der Waals surface area (Å²) >= 11 is 0. The lowest BCUT2D eigenvalue weighted by molar-refractivity contribution is 0.129. The first kappa shape index (κ1) is 10.6. The molecule has 0 radical (unpaired) electrons. The lowest BCUT2D eigenvalue weighted by atomic mass is 9.87. The van der Waals surface area contributed by atoms with Gasteiger partial charge in [-0.05, 0) is 12.8 Å². The number of nitrogens with one attached hydrogen (secondary N) is 1. The Hall–Kier alpha value is -0.520. The van der Waals surface area contributed by atoms with Gasteiger partial charge in [0.25, 0.3) is 0 Å². The van der Waals surface area contributed by atoms with Crippen LogP contribution in [0.4, 0.5) is 0 Å². The topological polar surface area (TPSA) is 32.3 Å². The molecule has 2 nitrogen and oxygen atoms in total. The number of hydrogen-bond donors (Lipinski definition) is 2. The summed E-state index contributed by atoms with van der Waals surface area (Å²) in [6.45, 7) is 2.11. The minimum Gasteiger partial charge on any atom is -0.396 e. The van der Waals surface area contributed by atoms with Crippen LogP contribution >= 0.6 is 0 Å². The van der Waals surface area contributed by atoms with E-state index in [0.29, 0.717) is 6.61 Å². The van der Waals surface area contributed by atoms with Crippen LogP contribution in [0.1, 0.15) is 32.1 Å². The number of aliphatic hydroxyl groups is 1. The van der Waals surface area contributed by atoms with Crippen LogP contribution in [0.5, 0.6) is 0 Å². The summed E-state index contributed by atoms with van der Waals surface area (Å²) in [6, 6.07) is 0. The van der Waals surface area contributed by atoms with Crippen LogP contribution < -0.4 is 5.32 Å².